The number of nitrogens with zero attached hydrogens (tertiary/aromatic N) is 1. The zero-order chi connectivity index (χ0) is 19.6. The Balaban J connectivity index is 2.22. The topological polar surface area (TPSA) is 66.8 Å². The first kappa shape index (κ1) is 18.8. The standard InChI is InChI=1S/C21H23NO5/c1-5-25-18(23)12-27-17-11-16-19(21(24)26-6-2)13(3)22(4)20(16)15-10-8-7-9-14(15)17/h7-11H,5-6,12H2,1-4H3. The van der Waals surface area contributed by atoms with Crippen molar-refractivity contribution in [1.82, 2.24) is 4.57 Å². The third kappa shape index (κ3) is 3.35. The van der Waals surface area contributed by atoms with Crippen LogP contribution in [-0.2, 0) is 21.3 Å². The van der Waals surface area contributed by atoms with Crippen molar-refractivity contribution in [2.75, 3.05) is 19.8 Å². The summed E-state index contributed by atoms with van der Waals surface area (Å²) in [4.78, 5) is 24.3. The second-order valence-corrected chi connectivity index (χ2v) is 6.15. The normalized spacial score (nSPS) is 11.0. The van der Waals surface area contributed by atoms with Gasteiger partial charge < -0.3 is 18.8 Å². The van der Waals surface area contributed by atoms with E-state index in [1.165, 1.54) is 0 Å². The first-order valence-corrected chi connectivity index (χ1v) is 8.95. The van der Waals surface area contributed by atoms with Gasteiger partial charge in [-0.15, -0.1) is 0 Å². The molecule has 6 nitrogen and oxygen atoms in total. The van der Waals surface area contributed by atoms with Crippen molar-refractivity contribution >= 4 is 33.6 Å². The van der Waals surface area contributed by atoms with Crippen LogP contribution in [0.3, 0.4) is 0 Å². The van der Waals surface area contributed by atoms with Crippen molar-refractivity contribution in [3.05, 3.63) is 41.6 Å². The van der Waals surface area contributed by atoms with Crippen LogP contribution in [0, 0.1) is 6.92 Å². The summed E-state index contributed by atoms with van der Waals surface area (Å²) in [6.45, 7) is 5.82. The van der Waals surface area contributed by atoms with E-state index in [1.54, 1.807) is 19.9 Å². The Morgan fingerprint density at radius 1 is 1.00 bits per heavy atom. The molecule has 0 fully saturated rings. The number of fused-ring (bicyclic) bond motifs is 3. The molecule has 0 aliphatic carbocycles. The monoisotopic (exact) mass is 369 g/mol. The summed E-state index contributed by atoms with van der Waals surface area (Å²) in [5.41, 5.74) is 2.26. The van der Waals surface area contributed by atoms with Crippen molar-refractivity contribution in [3.63, 3.8) is 0 Å². The van der Waals surface area contributed by atoms with Crippen LogP contribution in [0.4, 0.5) is 0 Å². The SMILES string of the molecule is CCOC(=O)COc1cc2c(C(=O)OCC)c(C)n(C)c2c2ccccc12. The molecule has 0 saturated carbocycles. The van der Waals surface area contributed by atoms with Crippen LogP contribution in [0.15, 0.2) is 30.3 Å². The maximum atomic E-state index is 12.5. The Hall–Kier alpha value is -3.02. The van der Waals surface area contributed by atoms with Gasteiger partial charge in [-0.3, -0.25) is 0 Å². The number of rotatable bonds is 6. The van der Waals surface area contributed by atoms with E-state index in [4.69, 9.17) is 14.2 Å². The molecule has 0 unspecified atom stereocenters. The minimum Gasteiger partial charge on any atom is -0.481 e. The van der Waals surface area contributed by atoms with Crippen molar-refractivity contribution in [3.8, 4) is 5.75 Å². The molecule has 0 aliphatic heterocycles. The highest BCUT2D eigenvalue weighted by Gasteiger charge is 2.23. The van der Waals surface area contributed by atoms with E-state index in [9.17, 15) is 9.59 Å². The minimum atomic E-state index is -0.434. The van der Waals surface area contributed by atoms with Crippen molar-refractivity contribution in [2.45, 2.75) is 20.8 Å². The van der Waals surface area contributed by atoms with Gasteiger partial charge in [0, 0.05) is 28.9 Å². The lowest BCUT2D eigenvalue weighted by Gasteiger charge is -2.11. The number of hydrogen-bond acceptors (Lipinski definition) is 5. The summed E-state index contributed by atoms with van der Waals surface area (Å²) in [7, 11) is 1.92. The first-order valence-electron chi connectivity index (χ1n) is 8.95. The quantitative estimate of drug-likeness (QED) is 0.619. The highest BCUT2D eigenvalue weighted by molar-refractivity contribution is 6.16. The average molecular weight is 369 g/mol. The van der Waals surface area contributed by atoms with Gasteiger partial charge in [0.25, 0.3) is 0 Å². The highest BCUT2D eigenvalue weighted by atomic mass is 16.6. The first-order chi connectivity index (χ1) is 13.0. The predicted octanol–water partition coefficient (Wildman–Crippen LogP) is 3.76. The number of hydrogen-bond donors (Lipinski definition) is 0. The van der Waals surface area contributed by atoms with Crippen LogP contribution in [0.1, 0.15) is 29.9 Å². The second kappa shape index (κ2) is 7.70. The van der Waals surface area contributed by atoms with E-state index in [0.29, 0.717) is 24.5 Å². The van der Waals surface area contributed by atoms with Gasteiger partial charge >= 0.3 is 11.9 Å². The molecule has 0 atom stereocenters. The van der Waals surface area contributed by atoms with Gasteiger partial charge in [-0.05, 0) is 26.8 Å². The molecule has 0 aliphatic rings. The molecule has 1 aromatic heterocycles. The van der Waals surface area contributed by atoms with Crippen LogP contribution in [0.2, 0.25) is 0 Å². The van der Waals surface area contributed by atoms with Crippen LogP contribution in [0.5, 0.6) is 5.75 Å². The highest BCUT2D eigenvalue weighted by Crippen LogP contribution is 2.37. The van der Waals surface area contributed by atoms with Crippen molar-refractivity contribution in [1.29, 1.82) is 0 Å². The molecule has 142 valence electrons. The van der Waals surface area contributed by atoms with Gasteiger partial charge in [0.15, 0.2) is 6.61 Å². The molecule has 0 saturated heterocycles. The average Bonchev–Trinajstić information content (AvgIpc) is 2.91. The smallest absolute Gasteiger partial charge is 0.344 e. The van der Waals surface area contributed by atoms with Gasteiger partial charge in [-0.25, -0.2) is 9.59 Å². The summed E-state index contributed by atoms with van der Waals surface area (Å²) in [5, 5.41) is 2.55. The molecule has 2 aromatic carbocycles. The van der Waals surface area contributed by atoms with Crippen LogP contribution >= 0.6 is 0 Å². The van der Waals surface area contributed by atoms with E-state index in [2.05, 4.69) is 0 Å². The Labute approximate surface area is 157 Å². The van der Waals surface area contributed by atoms with Gasteiger partial charge in [-0.1, -0.05) is 24.3 Å². The summed E-state index contributed by atoms with van der Waals surface area (Å²) in [6.07, 6.45) is 0. The van der Waals surface area contributed by atoms with Crippen LogP contribution in [-0.4, -0.2) is 36.3 Å². The van der Waals surface area contributed by atoms with Crippen molar-refractivity contribution < 1.29 is 23.8 Å². The van der Waals surface area contributed by atoms with Crippen molar-refractivity contribution in [2.24, 2.45) is 7.05 Å². The summed E-state index contributed by atoms with van der Waals surface area (Å²) in [6, 6.07) is 9.55. The molecule has 0 bridgehead atoms. The third-order valence-electron chi connectivity index (χ3n) is 4.58. The molecular formula is C21H23NO5. The lowest BCUT2D eigenvalue weighted by atomic mass is 10.0. The van der Waals surface area contributed by atoms with E-state index in [0.717, 1.165) is 27.4 Å². The molecule has 0 spiro atoms. The van der Waals surface area contributed by atoms with Gasteiger partial charge in [0.2, 0.25) is 0 Å². The van der Waals surface area contributed by atoms with E-state index in [1.807, 2.05) is 42.8 Å². The third-order valence-corrected chi connectivity index (χ3v) is 4.58. The number of carbonyl (C=O) groups excluding carboxylic acids is 2. The minimum absolute atomic E-state index is 0.191. The molecular weight excluding hydrogens is 346 g/mol. The van der Waals surface area contributed by atoms with Gasteiger partial charge in [0.1, 0.15) is 5.75 Å². The van der Waals surface area contributed by atoms with E-state index < -0.39 is 5.97 Å². The zero-order valence-electron chi connectivity index (χ0n) is 16.0. The number of aromatic nitrogens is 1. The fraction of sp³-hybridized carbons (Fsp3) is 0.333. The summed E-state index contributed by atoms with van der Waals surface area (Å²) >= 11 is 0. The van der Waals surface area contributed by atoms with Gasteiger partial charge in [-0.2, -0.15) is 0 Å². The Kier molecular flexibility index (Phi) is 5.35. The molecule has 3 aromatic rings. The number of benzene rings is 2. The number of aryl methyl sites for hydroxylation is 1. The number of esters is 2. The predicted molar refractivity (Wildman–Crippen MR) is 103 cm³/mol. The summed E-state index contributed by atoms with van der Waals surface area (Å²) < 4.78 is 17.9. The Morgan fingerprint density at radius 3 is 2.33 bits per heavy atom. The maximum Gasteiger partial charge on any atom is 0.344 e. The van der Waals surface area contributed by atoms with Gasteiger partial charge in [0.05, 0.1) is 24.3 Å². The summed E-state index contributed by atoms with van der Waals surface area (Å²) in [5.74, 6) is -0.272. The molecule has 0 N–H and O–H groups in total. The Bertz CT molecular complexity index is 1020. The van der Waals surface area contributed by atoms with E-state index in [-0.39, 0.29) is 12.6 Å². The molecule has 6 heteroatoms. The fourth-order valence-corrected chi connectivity index (χ4v) is 3.33. The lowest BCUT2D eigenvalue weighted by molar-refractivity contribution is -0.145. The second-order valence-electron chi connectivity index (χ2n) is 6.15. The largest absolute Gasteiger partial charge is 0.481 e. The van der Waals surface area contributed by atoms with Crippen LogP contribution < -0.4 is 4.74 Å². The van der Waals surface area contributed by atoms with E-state index >= 15 is 0 Å². The fourth-order valence-electron chi connectivity index (χ4n) is 3.33. The van der Waals surface area contributed by atoms with Crippen LogP contribution in [0.25, 0.3) is 21.7 Å². The number of ether oxygens (including phenoxy) is 3. The molecule has 1 heterocycles. The number of carbonyl (C=O) groups is 2. The zero-order valence-corrected chi connectivity index (χ0v) is 16.0. The lowest BCUT2D eigenvalue weighted by Crippen LogP contribution is -2.14. The molecule has 0 radical (unpaired) electrons. The Morgan fingerprint density at radius 2 is 1.67 bits per heavy atom. The molecule has 3 rings (SSSR count). The molecule has 0 amide bonds. The molecule has 27 heavy (non-hydrogen) atoms. The maximum absolute atomic E-state index is 12.5.